The Kier molecular flexibility index (Phi) is 5.85. The minimum absolute atomic E-state index is 0.0136. The predicted octanol–water partition coefficient (Wildman–Crippen LogP) is 1.10. The van der Waals surface area contributed by atoms with Crippen LogP contribution in [-0.2, 0) is 11.1 Å². The third-order valence-electron chi connectivity index (χ3n) is 4.34. The number of non-ortho nitro benzene ring substituents is 1. The van der Waals surface area contributed by atoms with Gasteiger partial charge in [-0.05, 0) is 23.3 Å². The average molecular weight is 436 g/mol. The van der Waals surface area contributed by atoms with E-state index in [-0.39, 0.29) is 34.4 Å². The first kappa shape index (κ1) is 21.4. The fourth-order valence-electron chi connectivity index (χ4n) is 2.97. The third kappa shape index (κ3) is 4.47. The zero-order valence-electron chi connectivity index (χ0n) is 15.5. The number of nitro benzene ring substituents is 1. The van der Waals surface area contributed by atoms with Crippen molar-refractivity contribution >= 4 is 24.3 Å². The van der Waals surface area contributed by atoms with Crippen LogP contribution in [0.15, 0.2) is 46.0 Å². The topological polar surface area (TPSA) is 188 Å². The molecule has 1 unspecified atom stereocenters. The summed E-state index contributed by atoms with van der Waals surface area (Å²) in [4.78, 5) is 58.0. The van der Waals surface area contributed by atoms with Crippen molar-refractivity contribution in [3.05, 3.63) is 78.3 Å². The molecule has 3 rings (SSSR count). The molecule has 0 amide bonds. The van der Waals surface area contributed by atoms with Gasteiger partial charge in [0.05, 0.1) is 23.1 Å². The Morgan fingerprint density at radius 2 is 1.90 bits per heavy atom. The van der Waals surface area contributed by atoms with Gasteiger partial charge >= 0.3 is 18.7 Å². The fourth-order valence-corrected chi connectivity index (χ4v) is 3.85. The maximum absolute atomic E-state index is 12.1. The Labute approximate surface area is 167 Å². The van der Waals surface area contributed by atoms with Crippen LogP contribution >= 0.6 is 7.60 Å². The molecule has 0 fully saturated rings. The second-order valence-corrected chi connectivity index (χ2v) is 8.04. The standard InChI is InChI=1S/C17H17N4O8P/c1-29-12-4-2-3-9(6-12)17(30(26,27)28)18-8-10-5-11(21(24)25)7-13-14(10)20-16(23)15(22)19-13/h2-7,17-18H,8H2,1H3,(H,19,22)(H,20,23)(H2,26,27,28). The number of hydrogen-bond donors (Lipinski definition) is 5. The summed E-state index contributed by atoms with van der Waals surface area (Å²) in [5.41, 5.74) is -1.79. The smallest absolute Gasteiger partial charge is 0.346 e. The average Bonchev–Trinajstić information content (AvgIpc) is 2.68. The maximum Gasteiger partial charge on any atom is 0.346 e. The van der Waals surface area contributed by atoms with Gasteiger partial charge in [-0.15, -0.1) is 0 Å². The molecule has 0 spiro atoms. The number of nitrogens with one attached hydrogen (secondary N) is 3. The molecule has 158 valence electrons. The molecule has 0 aliphatic carbocycles. The number of aromatic nitrogens is 2. The summed E-state index contributed by atoms with van der Waals surface area (Å²) in [6, 6.07) is 8.33. The van der Waals surface area contributed by atoms with Gasteiger partial charge in [0.2, 0.25) is 0 Å². The highest BCUT2D eigenvalue weighted by atomic mass is 31.2. The van der Waals surface area contributed by atoms with Crippen molar-refractivity contribution in [1.82, 2.24) is 15.3 Å². The Bertz CT molecular complexity index is 1280. The molecule has 30 heavy (non-hydrogen) atoms. The molecular weight excluding hydrogens is 419 g/mol. The maximum atomic E-state index is 12.1. The van der Waals surface area contributed by atoms with Crippen LogP contribution < -0.4 is 21.2 Å². The summed E-state index contributed by atoms with van der Waals surface area (Å²) < 4.78 is 17.1. The van der Waals surface area contributed by atoms with E-state index in [0.717, 1.165) is 12.1 Å². The molecule has 13 heteroatoms. The molecule has 2 aromatic carbocycles. The normalized spacial score (nSPS) is 12.6. The third-order valence-corrected chi connectivity index (χ3v) is 5.49. The van der Waals surface area contributed by atoms with Crippen LogP contribution in [0.1, 0.15) is 16.9 Å². The summed E-state index contributed by atoms with van der Waals surface area (Å²) in [6.07, 6.45) is 0. The van der Waals surface area contributed by atoms with Crippen LogP contribution in [-0.4, -0.2) is 31.8 Å². The highest BCUT2D eigenvalue weighted by Gasteiger charge is 2.30. The van der Waals surface area contributed by atoms with Crippen LogP contribution in [0.5, 0.6) is 5.75 Å². The van der Waals surface area contributed by atoms with Crippen molar-refractivity contribution in [3.8, 4) is 5.75 Å². The van der Waals surface area contributed by atoms with E-state index in [9.17, 15) is 34.1 Å². The quantitative estimate of drug-likeness (QED) is 0.156. The molecule has 0 aliphatic heterocycles. The number of benzene rings is 2. The number of ether oxygens (including phenoxy) is 1. The Hall–Kier alpha value is -3.31. The molecular formula is C17H17N4O8P. The first-order chi connectivity index (χ1) is 14.1. The van der Waals surface area contributed by atoms with Crippen LogP contribution in [0.25, 0.3) is 11.0 Å². The van der Waals surface area contributed by atoms with Crippen molar-refractivity contribution in [2.24, 2.45) is 0 Å². The van der Waals surface area contributed by atoms with Crippen LogP contribution in [0.3, 0.4) is 0 Å². The molecule has 0 radical (unpaired) electrons. The number of nitrogens with zero attached hydrogens (tertiary/aromatic N) is 1. The first-order valence-corrected chi connectivity index (χ1v) is 10.1. The molecule has 1 aromatic heterocycles. The van der Waals surface area contributed by atoms with Gasteiger partial charge in [0.1, 0.15) is 11.5 Å². The number of methoxy groups -OCH3 is 1. The number of hydrogen-bond acceptors (Lipinski definition) is 7. The Morgan fingerprint density at radius 3 is 2.53 bits per heavy atom. The van der Waals surface area contributed by atoms with Gasteiger partial charge in [-0.1, -0.05) is 12.1 Å². The SMILES string of the molecule is COc1cccc(C(NCc2cc([N+](=O)[O-])cc3[nH]c(=O)c(=O)[nH]c23)P(=O)(O)O)c1. The van der Waals surface area contributed by atoms with Gasteiger partial charge < -0.3 is 24.5 Å². The van der Waals surface area contributed by atoms with Gasteiger partial charge in [0.15, 0.2) is 0 Å². The minimum Gasteiger partial charge on any atom is -0.497 e. The molecule has 12 nitrogen and oxygen atoms in total. The lowest BCUT2D eigenvalue weighted by atomic mass is 10.1. The molecule has 1 heterocycles. The lowest BCUT2D eigenvalue weighted by Crippen LogP contribution is -2.29. The van der Waals surface area contributed by atoms with E-state index in [1.807, 2.05) is 0 Å². The van der Waals surface area contributed by atoms with Crippen LogP contribution in [0, 0.1) is 10.1 Å². The van der Waals surface area contributed by atoms with Gasteiger partial charge in [0, 0.05) is 18.7 Å². The van der Waals surface area contributed by atoms with Crippen molar-refractivity contribution in [2.75, 3.05) is 7.11 Å². The second-order valence-electron chi connectivity index (χ2n) is 6.34. The summed E-state index contributed by atoms with van der Waals surface area (Å²) in [6.45, 7) is -0.257. The van der Waals surface area contributed by atoms with Crippen molar-refractivity contribution < 1.29 is 24.0 Å². The summed E-state index contributed by atoms with van der Waals surface area (Å²) >= 11 is 0. The Balaban J connectivity index is 2.06. The number of aromatic amines is 2. The highest BCUT2D eigenvalue weighted by Crippen LogP contribution is 2.50. The van der Waals surface area contributed by atoms with E-state index < -0.39 is 29.4 Å². The lowest BCUT2D eigenvalue weighted by Gasteiger charge is -2.21. The van der Waals surface area contributed by atoms with Gasteiger partial charge in [-0.2, -0.15) is 0 Å². The number of rotatable bonds is 7. The fraction of sp³-hybridized carbons (Fsp3) is 0.176. The molecule has 5 N–H and O–H groups in total. The van der Waals surface area contributed by atoms with Crippen molar-refractivity contribution in [3.63, 3.8) is 0 Å². The van der Waals surface area contributed by atoms with Gasteiger partial charge in [-0.25, -0.2) is 0 Å². The molecule has 0 aliphatic rings. The van der Waals surface area contributed by atoms with E-state index in [1.54, 1.807) is 12.1 Å². The predicted molar refractivity (Wildman–Crippen MR) is 106 cm³/mol. The van der Waals surface area contributed by atoms with E-state index in [1.165, 1.54) is 19.2 Å². The second kappa shape index (κ2) is 8.20. The van der Waals surface area contributed by atoms with Crippen LogP contribution in [0.2, 0.25) is 0 Å². The first-order valence-electron chi connectivity index (χ1n) is 8.46. The van der Waals surface area contributed by atoms with Crippen molar-refractivity contribution in [2.45, 2.75) is 12.3 Å². The van der Waals surface area contributed by atoms with E-state index >= 15 is 0 Å². The lowest BCUT2D eigenvalue weighted by molar-refractivity contribution is -0.384. The monoisotopic (exact) mass is 436 g/mol. The number of fused-ring (bicyclic) bond motifs is 1. The zero-order chi connectivity index (χ0) is 22.1. The largest absolute Gasteiger partial charge is 0.497 e. The zero-order valence-corrected chi connectivity index (χ0v) is 16.4. The summed E-state index contributed by atoms with van der Waals surface area (Å²) in [5, 5.41) is 13.9. The van der Waals surface area contributed by atoms with Gasteiger partial charge in [0.25, 0.3) is 5.69 Å². The molecule has 0 saturated heterocycles. The minimum atomic E-state index is -4.70. The van der Waals surface area contributed by atoms with Crippen LogP contribution in [0.4, 0.5) is 5.69 Å². The van der Waals surface area contributed by atoms with E-state index in [2.05, 4.69) is 15.3 Å². The van der Waals surface area contributed by atoms with Crippen molar-refractivity contribution in [1.29, 1.82) is 0 Å². The highest BCUT2D eigenvalue weighted by molar-refractivity contribution is 7.52. The summed E-state index contributed by atoms with van der Waals surface area (Å²) in [5.74, 6) is -1.06. The number of nitro groups is 1. The molecule has 3 aromatic rings. The molecule has 0 bridgehead atoms. The van der Waals surface area contributed by atoms with E-state index in [0.29, 0.717) is 5.75 Å². The van der Waals surface area contributed by atoms with Gasteiger partial charge in [-0.3, -0.25) is 29.6 Å². The van der Waals surface area contributed by atoms with E-state index in [4.69, 9.17) is 4.74 Å². The molecule has 0 saturated carbocycles. The Morgan fingerprint density at radius 1 is 1.20 bits per heavy atom. The number of H-pyrrole nitrogens is 2. The molecule has 1 atom stereocenters. The summed E-state index contributed by atoms with van der Waals surface area (Å²) in [7, 11) is -3.30.